The molecule has 0 fully saturated rings. The Kier molecular flexibility index (Phi) is 3.30. The molecule has 1 aromatic heterocycles. The molecule has 2 rings (SSSR count). The predicted molar refractivity (Wildman–Crippen MR) is 66.5 cm³/mol. The molecular weight excluding hydrogens is 291 g/mol. The Bertz CT molecular complexity index is 510. The third kappa shape index (κ3) is 2.28. The Morgan fingerprint density at radius 3 is 2.69 bits per heavy atom. The van der Waals surface area contributed by atoms with Gasteiger partial charge in [0, 0.05) is 10.4 Å². The number of hydrogen-bond acceptors (Lipinski definition) is 3. The van der Waals surface area contributed by atoms with Gasteiger partial charge in [0.15, 0.2) is 0 Å². The average Bonchev–Trinajstić information content (AvgIpc) is 2.70. The molecule has 0 saturated carbocycles. The molecule has 0 aliphatic rings. The summed E-state index contributed by atoms with van der Waals surface area (Å²) in [5.74, 6) is 1.29. The fraction of sp³-hybridized carbons (Fsp3) is 0.273. The number of nitrogens with zero attached hydrogens (tertiary/aromatic N) is 2. The Balaban J connectivity index is 2.46. The van der Waals surface area contributed by atoms with Gasteiger partial charge in [-0.3, -0.25) is 0 Å². The van der Waals surface area contributed by atoms with Crippen molar-refractivity contribution in [3.05, 3.63) is 33.6 Å². The lowest BCUT2D eigenvalue weighted by atomic mass is 10.2. The van der Waals surface area contributed by atoms with Crippen LogP contribution in [-0.2, 0) is 0 Å². The Hall–Kier alpha value is -0.870. The van der Waals surface area contributed by atoms with Crippen LogP contribution in [0.5, 0.6) is 0 Å². The molecule has 5 heteroatoms. The maximum Gasteiger partial charge on any atom is 0.249 e. The van der Waals surface area contributed by atoms with Crippen molar-refractivity contribution >= 4 is 27.5 Å². The zero-order valence-corrected chi connectivity index (χ0v) is 11.2. The zero-order valence-electron chi connectivity index (χ0n) is 8.87. The standard InChI is InChI=1S/C11H10BrClN2O/c1-6(2)10-14-15-11(16-10)8-5-7(12)3-4-9(8)13/h3-6H,1-2H3. The van der Waals surface area contributed by atoms with Gasteiger partial charge in [0.1, 0.15) is 0 Å². The Morgan fingerprint density at radius 2 is 2.06 bits per heavy atom. The molecule has 0 saturated heterocycles. The van der Waals surface area contributed by atoms with E-state index in [1.165, 1.54) is 0 Å². The summed E-state index contributed by atoms with van der Waals surface area (Å²) in [5.41, 5.74) is 0.746. The van der Waals surface area contributed by atoms with E-state index in [1.807, 2.05) is 26.0 Å². The highest BCUT2D eigenvalue weighted by atomic mass is 79.9. The molecule has 16 heavy (non-hydrogen) atoms. The predicted octanol–water partition coefficient (Wildman–Crippen LogP) is 4.28. The third-order valence-corrected chi connectivity index (χ3v) is 2.92. The van der Waals surface area contributed by atoms with Crippen molar-refractivity contribution in [2.45, 2.75) is 19.8 Å². The number of halogens is 2. The van der Waals surface area contributed by atoms with Crippen molar-refractivity contribution in [1.82, 2.24) is 10.2 Å². The maximum atomic E-state index is 6.07. The minimum Gasteiger partial charge on any atom is -0.420 e. The summed E-state index contributed by atoms with van der Waals surface area (Å²) in [7, 11) is 0. The molecular formula is C11H10BrClN2O. The smallest absolute Gasteiger partial charge is 0.249 e. The van der Waals surface area contributed by atoms with Gasteiger partial charge in [-0.15, -0.1) is 10.2 Å². The number of rotatable bonds is 2. The van der Waals surface area contributed by atoms with Crippen LogP contribution >= 0.6 is 27.5 Å². The lowest BCUT2D eigenvalue weighted by molar-refractivity contribution is 0.481. The first-order valence-electron chi connectivity index (χ1n) is 4.86. The second kappa shape index (κ2) is 4.55. The van der Waals surface area contributed by atoms with Crippen LogP contribution in [0.3, 0.4) is 0 Å². The molecule has 84 valence electrons. The zero-order chi connectivity index (χ0) is 11.7. The monoisotopic (exact) mass is 300 g/mol. The van der Waals surface area contributed by atoms with Crippen LogP contribution in [0.1, 0.15) is 25.7 Å². The van der Waals surface area contributed by atoms with Gasteiger partial charge in [0.2, 0.25) is 11.8 Å². The SMILES string of the molecule is CC(C)c1nnc(-c2cc(Br)ccc2Cl)o1. The highest BCUT2D eigenvalue weighted by Gasteiger charge is 2.14. The van der Waals surface area contributed by atoms with Gasteiger partial charge >= 0.3 is 0 Å². The van der Waals surface area contributed by atoms with Crippen molar-refractivity contribution in [3.63, 3.8) is 0 Å². The van der Waals surface area contributed by atoms with Gasteiger partial charge in [-0.25, -0.2) is 0 Å². The molecule has 1 aromatic carbocycles. The summed E-state index contributed by atoms with van der Waals surface area (Å²) in [5, 5.41) is 8.56. The van der Waals surface area contributed by atoms with E-state index in [0.29, 0.717) is 16.8 Å². The van der Waals surface area contributed by atoms with E-state index in [1.54, 1.807) is 6.07 Å². The molecule has 3 nitrogen and oxygen atoms in total. The first-order chi connectivity index (χ1) is 7.58. The van der Waals surface area contributed by atoms with Crippen LogP contribution < -0.4 is 0 Å². The summed E-state index contributed by atoms with van der Waals surface area (Å²) < 4.78 is 6.47. The van der Waals surface area contributed by atoms with Gasteiger partial charge in [-0.1, -0.05) is 41.4 Å². The maximum absolute atomic E-state index is 6.07. The quantitative estimate of drug-likeness (QED) is 0.831. The van der Waals surface area contributed by atoms with Crippen LogP contribution in [0.15, 0.2) is 27.1 Å². The third-order valence-electron chi connectivity index (χ3n) is 2.09. The van der Waals surface area contributed by atoms with Gasteiger partial charge in [-0.05, 0) is 18.2 Å². The van der Waals surface area contributed by atoms with Gasteiger partial charge in [0.05, 0.1) is 10.6 Å². The van der Waals surface area contributed by atoms with Crippen LogP contribution in [0, 0.1) is 0 Å². The first-order valence-corrected chi connectivity index (χ1v) is 6.04. The molecule has 0 aliphatic carbocycles. The lowest BCUT2D eigenvalue weighted by Crippen LogP contribution is -1.85. The average molecular weight is 302 g/mol. The fourth-order valence-electron chi connectivity index (χ4n) is 1.24. The van der Waals surface area contributed by atoms with Gasteiger partial charge in [-0.2, -0.15) is 0 Å². The minimum absolute atomic E-state index is 0.215. The molecule has 0 N–H and O–H groups in total. The van der Waals surface area contributed by atoms with Crippen LogP contribution in [-0.4, -0.2) is 10.2 Å². The van der Waals surface area contributed by atoms with E-state index in [4.69, 9.17) is 16.0 Å². The summed E-state index contributed by atoms with van der Waals surface area (Å²) in [6.07, 6.45) is 0. The van der Waals surface area contributed by atoms with E-state index in [2.05, 4.69) is 26.1 Å². The molecule has 0 radical (unpaired) electrons. The van der Waals surface area contributed by atoms with E-state index in [9.17, 15) is 0 Å². The van der Waals surface area contributed by atoms with Crippen molar-refractivity contribution in [3.8, 4) is 11.5 Å². The Labute approximate surface area is 107 Å². The summed E-state index contributed by atoms with van der Waals surface area (Å²) in [6, 6.07) is 5.52. The molecule has 0 unspecified atom stereocenters. The van der Waals surface area contributed by atoms with E-state index < -0.39 is 0 Å². The molecule has 0 aliphatic heterocycles. The number of aromatic nitrogens is 2. The van der Waals surface area contributed by atoms with Crippen molar-refractivity contribution in [2.24, 2.45) is 0 Å². The molecule has 0 spiro atoms. The molecule has 0 amide bonds. The van der Waals surface area contributed by atoms with E-state index in [0.717, 1.165) is 10.0 Å². The van der Waals surface area contributed by atoms with Gasteiger partial charge < -0.3 is 4.42 Å². The molecule has 0 atom stereocenters. The molecule has 1 heterocycles. The van der Waals surface area contributed by atoms with Crippen molar-refractivity contribution in [1.29, 1.82) is 0 Å². The Morgan fingerprint density at radius 1 is 1.31 bits per heavy atom. The second-order valence-corrected chi connectivity index (χ2v) is 5.05. The summed E-state index contributed by atoms with van der Waals surface area (Å²) >= 11 is 9.45. The largest absolute Gasteiger partial charge is 0.420 e. The number of benzene rings is 1. The van der Waals surface area contributed by atoms with Crippen LogP contribution in [0.4, 0.5) is 0 Å². The normalized spacial score (nSPS) is 11.1. The summed E-state index contributed by atoms with van der Waals surface area (Å²) in [4.78, 5) is 0. The number of hydrogen-bond donors (Lipinski definition) is 0. The van der Waals surface area contributed by atoms with Crippen molar-refractivity contribution in [2.75, 3.05) is 0 Å². The lowest BCUT2D eigenvalue weighted by Gasteiger charge is -1.99. The minimum atomic E-state index is 0.215. The molecule has 2 aromatic rings. The van der Waals surface area contributed by atoms with Crippen LogP contribution in [0.25, 0.3) is 11.5 Å². The second-order valence-electron chi connectivity index (χ2n) is 3.72. The fourth-order valence-corrected chi connectivity index (χ4v) is 1.80. The topological polar surface area (TPSA) is 38.9 Å². The van der Waals surface area contributed by atoms with E-state index in [-0.39, 0.29) is 5.92 Å². The van der Waals surface area contributed by atoms with E-state index >= 15 is 0 Å². The van der Waals surface area contributed by atoms with Crippen LogP contribution in [0.2, 0.25) is 5.02 Å². The van der Waals surface area contributed by atoms with Crippen molar-refractivity contribution < 1.29 is 4.42 Å². The highest BCUT2D eigenvalue weighted by Crippen LogP contribution is 2.30. The van der Waals surface area contributed by atoms with Gasteiger partial charge in [0.25, 0.3) is 0 Å². The molecule has 0 bridgehead atoms. The highest BCUT2D eigenvalue weighted by molar-refractivity contribution is 9.10. The summed E-state index contributed by atoms with van der Waals surface area (Å²) in [6.45, 7) is 4.00. The first kappa shape index (κ1) is 11.6.